The van der Waals surface area contributed by atoms with Gasteiger partial charge in [0.2, 0.25) is 0 Å². The van der Waals surface area contributed by atoms with Crippen LogP contribution in [0.25, 0.3) is 0 Å². The van der Waals surface area contributed by atoms with Crippen LogP contribution >= 0.6 is 12.2 Å². The van der Waals surface area contributed by atoms with Gasteiger partial charge in [0, 0.05) is 0 Å². The number of isothiocyanates is 1. The summed E-state index contributed by atoms with van der Waals surface area (Å²) in [6.45, 7) is 5.40. The fourth-order valence-electron chi connectivity index (χ4n) is 1.31. The highest BCUT2D eigenvalue weighted by Crippen LogP contribution is 2.19. The Labute approximate surface area is 112 Å². The van der Waals surface area contributed by atoms with Gasteiger partial charge in [0.1, 0.15) is 11.6 Å². The Morgan fingerprint density at radius 1 is 1.39 bits per heavy atom. The van der Waals surface area contributed by atoms with Gasteiger partial charge in [-0.2, -0.15) is 4.99 Å². The normalized spacial score (nSPS) is 12.4. The summed E-state index contributed by atoms with van der Waals surface area (Å²) in [5.41, 5.74) is 6.63. The first-order valence-corrected chi connectivity index (χ1v) is 5.90. The molecule has 18 heavy (non-hydrogen) atoms. The van der Waals surface area contributed by atoms with E-state index in [9.17, 15) is 4.79 Å². The molecule has 0 fully saturated rings. The third kappa shape index (κ3) is 4.37. The quantitative estimate of drug-likeness (QED) is 0.518. The second kappa shape index (κ2) is 5.87. The number of nitrogens with two attached hydrogens (primary N) is 1. The third-order valence-electron chi connectivity index (χ3n) is 2.09. The molecule has 0 saturated carbocycles. The number of aliphatic imine (C=N–C) groups is 1. The highest BCUT2D eigenvalue weighted by atomic mass is 32.1. The van der Waals surface area contributed by atoms with E-state index in [1.165, 1.54) is 0 Å². The first-order valence-electron chi connectivity index (χ1n) is 5.50. The summed E-state index contributed by atoms with van der Waals surface area (Å²) in [4.78, 5) is 15.6. The Hall–Kier alpha value is -1.55. The lowest BCUT2D eigenvalue weighted by molar-refractivity contribution is -0.156. The van der Waals surface area contributed by atoms with Crippen LogP contribution in [0, 0.1) is 0 Å². The number of carbonyl (C=O) groups is 1. The molecule has 96 valence electrons. The van der Waals surface area contributed by atoms with Crippen LogP contribution in [-0.2, 0) is 9.53 Å². The number of nitrogens with zero attached hydrogens (tertiary/aromatic N) is 1. The van der Waals surface area contributed by atoms with Crippen LogP contribution < -0.4 is 5.73 Å². The van der Waals surface area contributed by atoms with Crippen molar-refractivity contribution in [3.05, 3.63) is 29.8 Å². The van der Waals surface area contributed by atoms with E-state index in [1.807, 2.05) is 0 Å². The van der Waals surface area contributed by atoms with Crippen molar-refractivity contribution in [2.75, 3.05) is 0 Å². The van der Waals surface area contributed by atoms with Crippen molar-refractivity contribution in [2.45, 2.75) is 32.4 Å². The molecule has 0 spiro atoms. The third-order valence-corrected chi connectivity index (χ3v) is 2.18. The molecule has 0 saturated heterocycles. The van der Waals surface area contributed by atoms with E-state index in [1.54, 1.807) is 45.0 Å². The molecule has 0 bridgehead atoms. The molecular weight excluding hydrogens is 248 g/mol. The highest BCUT2D eigenvalue weighted by molar-refractivity contribution is 7.78. The van der Waals surface area contributed by atoms with Gasteiger partial charge in [0.25, 0.3) is 0 Å². The number of thiocarbonyl (C=S) groups is 1. The second-order valence-corrected chi connectivity index (χ2v) is 4.99. The Morgan fingerprint density at radius 2 is 1.94 bits per heavy atom. The molecule has 0 radical (unpaired) electrons. The summed E-state index contributed by atoms with van der Waals surface area (Å²) in [6, 6.07) is 6.09. The standard InChI is InChI=1S/C13H16N2O2S/c1-13(2,3)17-12(16)11(14)9-4-6-10(7-5-9)15-8-18/h4-7,11H,14H2,1-3H3/t11-/m0/s1. The van der Waals surface area contributed by atoms with Gasteiger partial charge >= 0.3 is 5.97 Å². The van der Waals surface area contributed by atoms with Crippen LogP contribution in [0.5, 0.6) is 0 Å². The maximum atomic E-state index is 11.8. The molecule has 0 aliphatic carbocycles. The molecule has 0 amide bonds. The summed E-state index contributed by atoms with van der Waals surface area (Å²) >= 11 is 4.50. The molecule has 0 aliphatic rings. The number of esters is 1. The topological polar surface area (TPSA) is 64.7 Å². The summed E-state index contributed by atoms with van der Waals surface area (Å²) in [5, 5.41) is 2.27. The van der Waals surface area contributed by atoms with E-state index in [2.05, 4.69) is 22.4 Å². The van der Waals surface area contributed by atoms with E-state index in [0.717, 1.165) is 0 Å². The maximum absolute atomic E-state index is 11.8. The largest absolute Gasteiger partial charge is 0.459 e. The Balaban J connectivity index is 2.81. The van der Waals surface area contributed by atoms with Crippen molar-refractivity contribution in [3.63, 3.8) is 0 Å². The average Bonchev–Trinajstić information content (AvgIpc) is 2.27. The lowest BCUT2D eigenvalue weighted by Gasteiger charge is -2.22. The number of rotatable bonds is 3. The van der Waals surface area contributed by atoms with Crippen molar-refractivity contribution in [1.29, 1.82) is 0 Å². The lowest BCUT2D eigenvalue weighted by Crippen LogP contribution is -2.31. The molecule has 5 heteroatoms. The van der Waals surface area contributed by atoms with Crippen molar-refractivity contribution >= 4 is 29.0 Å². The molecular formula is C13H16N2O2S. The van der Waals surface area contributed by atoms with Crippen LogP contribution in [0.2, 0.25) is 0 Å². The van der Waals surface area contributed by atoms with Crippen LogP contribution in [-0.4, -0.2) is 16.7 Å². The first-order chi connectivity index (χ1) is 8.33. The van der Waals surface area contributed by atoms with Gasteiger partial charge in [0.15, 0.2) is 0 Å². The maximum Gasteiger partial charge on any atom is 0.328 e. The van der Waals surface area contributed by atoms with Crippen molar-refractivity contribution in [1.82, 2.24) is 0 Å². The molecule has 0 unspecified atom stereocenters. The molecule has 1 rings (SSSR count). The van der Waals surface area contributed by atoms with Crippen LogP contribution in [0.3, 0.4) is 0 Å². The SMILES string of the molecule is CC(C)(C)OC(=O)[C@@H](N)c1ccc(N=C=S)cc1. The minimum atomic E-state index is -0.797. The van der Waals surface area contributed by atoms with Gasteiger partial charge < -0.3 is 10.5 Å². The number of hydrogen-bond acceptors (Lipinski definition) is 5. The van der Waals surface area contributed by atoms with Crippen LogP contribution in [0.4, 0.5) is 5.69 Å². The molecule has 0 aliphatic heterocycles. The van der Waals surface area contributed by atoms with E-state index < -0.39 is 17.6 Å². The van der Waals surface area contributed by atoms with Gasteiger partial charge in [-0.05, 0) is 50.7 Å². The number of hydrogen-bond donors (Lipinski definition) is 1. The fraction of sp³-hybridized carbons (Fsp3) is 0.385. The van der Waals surface area contributed by atoms with E-state index >= 15 is 0 Å². The molecule has 1 aromatic carbocycles. The minimum absolute atomic E-state index is 0.450. The number of benzene rings is 1. The second-order valence-electron chi connectivity index (χ2n) is 4.81. The summed E-state index contributed by atoms with van der Waals surface area (Å²) in [7, 11) is 0. The van der Waals surface area contributed by atoms with E-state index in [4.69, 9.17) is 10.5 Å². The predicted molar refractivity (Wildman–Crippen MR) is 73.9 cm³/mol. The summed E-state index contributed by atoms with van der Waals surface area (Å²) in [6.07, 6.45) is 0. The van der Waals surface area contributed by atoms with Crippen molar-refractivity contribution in [3.8, 4) is 0 Å². The smallest absolute Gasteiger partial charge is 0.328 e. The Morgan fingerprint density at radius 3 is 2.39 bits per heavy atom. The molecule has 0 heterocycles. The zero-order valence-electron chi connectivity index (χ0n) is 10.6. The minimum Gasteiger partial charge on any atom is -0.459 e. The van der Waals surface area contributed by atoms with Crippen molar-refractivity contribution < 1.29 is 9.53 Å². The molecule has 2 N–H and O–H groups in total. The zero-order valence-corrected chi connectivity index (χ0v) is 11.5. The predicted octanol–water partition coefficient (Wildman–Crippen LogP) is 2.76. The molecule has 0 aromatic heterocycles. The molecule has 1 aromatic rings. The summed E-state index contributed by atoms with van der Waals surface area (Å²) < 4.78 is 5.22. The van der Waals surface area contributed by atoms with Gasteiger partial charge in [-0.15, -0.1) is 0 Å². The van der Waals surface area contributed by atoms with Gasteiger partial charge in [-0.1, -0.05) is 12.1 Å². The van der Waals surface area contributed by atoms with Crippen LogP contribution in [0.1, 0.15) is 32.4 Å². The molecule has 1 atom stereocenters. The van der Waals surface area contributed by atoms with Crippen LogP contribution in [0.15, 0.2) is 29.3 Å². The highest BCUT2D eigenvalue weighted by Gasteiger charge is 2.23. The molecule has 4 nitrogen and oxygen atoms in total. The summed E-state index contributed by atoms with van der Waals surface area (Å²) in [5.74, 6) is -0.450. The number of carbonyl (C=O) groups excluding carboxylic acids is 1. The Kier molecular flexibility index (Phi) is 4.73. The van der Waals surface area contributed by atoms with Gasteiger partial charge in [0.05, 0.1) is 10.8 Å². The fourth-order valence-corrected chi connectivity index (χ4v) is 1.42. The monoisotopic (exact) mass is 264 g/mol. The lowest BCUT2D eigenvalue weighted by atomic mass is 10.1. The van der Waals surface area contributed by atoms with Gasteiger partial charge in [-0.25, -0.2) is 4.79 Å². The van der Waals surface area contributed by atoms with E-state index in [-0.39, 0.29) is 0 Å². The Bertz CT molecular complexity index is 471. The zero-order chi connectivity index (χ0) is 13.8. The van der Waals surface area contributed by atoms with Gasteiger partial charge in [-0.3, -0.25) is 0 Å². The van der Waals surface area contributed by atoms with E-state index in [0.29, 0.717) is 11.3 Å². The average molecular weight is 264 g/mol. The van der Waals surface area contributed by atoms with Crippen molar-refractivity contribution in [2.24, 2.45) is 10.7 Å². The first kappa shape index (κ1) is 14.5. The number of ether oxygens (including phenoxy) is 1.